The summed E-state index contributed by atoms with van der Waals surface area (Å²) in [6, 6.07) is 0. The monoisotopic (exact) mass is 184 g/mol. The van der Waals surface area contributed by atoms with Gasteiger partial charge < -0.3 is 10.2 Å². The summed E-state index contributed by atoms with van der Waals surface area (Å²) >= 11 is 0.385. The number of hydrogen-bond acceptors (Lipinski definition) is 6. The van der Waals surface area contributed by atoms with Crippen molar-refractivity contribution >= 4 is 34.5 Å². The first-order valence-corrected chi connectivity index (χ1v) is 3.43. The topological polar surface area (TPSA) is 104 Å². The molecule has 0 aromatic rings. The van der Waals surface area contributed by atoms with Crippen molar-refractivity contribution < 1.29 is 19.8 Å². The summed E-state index contributed by atoms with van der Waals surface area (Å²) in [5.41, 5.74) is 0. The molecule has 0 amide bonds. The van der Waals surface area contributed by atoms with Crippen LogP contribution in [0, 0.1) is 0 Å². The van der Waals surface area contributed by atoms with Crippen LogP contribution < -0.4 is 5.84 Å². The first-order valence-electron chi connectivity index (χ1n) is 1.89. The summed E-state index contributed by atoms with van der Waals surface area (Å²) in [5.74, 6) is 4.87. The van der Waals surface area contributed by atoms with Crippen LogP contribution in [-0.2, 0) is 0 Å². The minimum Gasteiger partial charge on any atom is -0.472 e. The second kappa shape index (κ2) is 4.39. The Morgan fingerprint density at radius 3 is 1.70 bits per heavy atom. The van der Waals surface area contributed by atoms with Crippen LogP contribution in [0.25, 0.3) is 0 Å². The van der Waals surface area contributed by atoms with Crippen molar-refractivity contribution in [3.05, 3.63) is 0 Å². The van der Waals surface area contributed by atoms with Crippen molar-refractivity contribution in [1.82, 2.24) is 3.82 Å². The third kappa shape index (κ3) is 5.69. The Labute approximate surface area is 64.6 Å². The lowest BCUT2D eigenvalue weighted by Crippen LogP contribution is -2.18. The highest BCUT2D eigenvalue weighted by molar-refractivity contribution is 8.24. The van der Waals surface area contributed by atoms with E-state index >= 15 is 0 Å². The van der Waals surface area contributed by atoms with E-state index < -0.39 is 10.6 Å². The number of nitrogens with two attached hydrogens (primary N) is 1. The van der Waals surface area contributed by atoms with Crippen molar-refractivity contribution in [3.63, 3.8) is 0 Å². The Kier molecular flexibility index (Phi) is 4.19. The summed E-state index contributed by atoms with van der Waals surface area (Å²) in [7, 11) is 0. The van der Waals surface area contributed by atoms with Crippen molar-refractivity contribution in [2.75, 3.05) is 0 Å². The molecule has 0 aromatic carbocycles. The van der Waals surface area contributed by atoms with Gasteiger partial charge in [-0.1, -0.05) is 0 Å². The molecule has 0 aliphatic carbocycles. The largest absolute Gasteiger partial charge is 0.472 e. The molecule has 0 saturated carbocycles. The molecule has 0 fully saturated rings. The second-order valence-corrected chi connectivity index (χ2v) is 3.08. The molecular weight excluding hydrogens is 180 g/mol. The Morgan fingerprint density at radius 2 is 1.50 bits per heavy atom. The van der Waals surface area contributed by atoms with Gasteiger partial charge in [0.15, 0.2) is 0 Å². The van der Waals surface area contributed by atoms with Gasteiger partial charge in [-0.15, -0.1) is 3.82 Å². The molecule has 10 heavy (non-hydrogen) atoms. The van der Waals surface area contributed by atoms with E-state index in [1.807, 2.05) is 0 Å². The van der Waals surface area contributed by atoms with Gasteiger partial charge in [-0.25, -0.2) is 15.4 Å². The smallest absolute Gasteiger partial charge is 0.382 e. The molecule has 0 atom stereocenters. The minimum atomic E-state index is -1.25. The van der Waals surface area contributed by atoms with Gasteiger partial charge in [0.05, 0.1) is 23.9 Å². The van der Waals surface area contributed by atoms with Crippen molar-refractivity contribution in [1.29, 1.82) is 0 Å². The van der Waals surface area contributed by atoms with Gasteiger partial charge in [0.1, 0.15) is 0 Å². The van der Waals surface area contributed by atoms with E-state index in [1.165, 1.54) is 0 Å². The fraction of sp³-hybridized carbons (Fsp3) is 0. The molecule has 0 rings (SSSR count). The zero-order chi connectivity index (χ0) is 8.15. The normalized spacial score (nSPS) is 9.80. The summed E-state index contributed by atoms with van der Waals surface area (Å²) < 4.78 is 0.532. The van der Waals surface area contributed by atoms with E-state index in [0.717, 1.165) is 0 Å². The summed E-state index contributed by atoms with van der Waals surface area (Å²) in [5, 5.41) is 13.6. The van der Waals surface area contributed by atoms with Crippen molar-refractivity contribution in [2.45, 2.75) is 0 Å². The lowest BCUT2D eigenvalue weighted by atomic mass is 11.6. The van der Waals surface area contributed by atoms with Crippen LogP contribution in [0.2, 0.25) is 0 Å². The lowest BCUT2D eigenvalue weighted by Gasteiger charge is -2.04. The van der Waals surface area contributed by atoms with E-state index in [1.54, 1.807) is 0 Å². The Balaban J connectivity index is 3.53. The number of hydrogen-bond donors (Lipinski definition) is 3. The molecule has 0 spiro atoms. The van der Waals surface area contributed by atoms with E-state index in [9.17, 15) is 9.59 Å². The molecule has 0 unspecified atom stereocenters. The van der Waals surface area contributed by atoms with Gasteiger partial charge in [-0.3, -0.25) is 0 Å². The van der Waals surface area contributed by atoms with Crippen molar-refractivity contribution in [3.8, 4) is 0 Å². The standard InChI is InChI=1S/C2H4N2O4S2/c3-4(9-1(5)6)10-2(7)8/h3H2,(H,5,6)(H,7,8). The number of hydrazine groups is 1. The molecule has 0 aliphatic heterocycles. The second-order valence-electron chi connectivity index (χ2n) is 1.000. The fourth-order valence-corrected chi connectivity index (χ4v) is 1.01. The summed E-state index contributed by atoms with van der Waals surface area (Å²) in [4.78, 5) is 19.7. The summed E-state index contributed by atoms with van der Waals surface area (Å²) in [6.07, 6.45) is 0. The first-order chi connectivity index (χ1) is 4.52. The highest BCUT2D eigenvalue weighted by atomic mass is 32.2. The molecule has 0 heterocycles. The number of rotatable bonds is 2. The zero-order valence-corrected chi connectivity index (χ0v) is 6.18. The average Bonchev–Trinajstić information content (AvgIpc) is 1.58. The predicted octanol–water partition coefficient (Wildman–Crippen LogP) is 0.815. The van der Waals surface area contributed by atoms with Gasteiger partial charge in [-0.2, -0.15) is 0 Å². The predicted molar refractivity (Wildman–Crippen MR) is 37.3 cm³/mol. The maximum atomic E-state index is 9.83. The third-order valence-corrected chi connectivity index (χ3v) is 1.46. The van der Waals surface area contributed by atoms with E-state index in [-0.39, 0.29) is 23.9 Å². The average molecular weight is 184 g/mol. The fourth-order valence-electron chi connectivity index (χ4n) is 0.173. The Hall–Kier alpha value is -0.440. The maximum Gasteiger partial charge on any atom is 0.382 e. The van der Waals surface area contributed by atoms with Crippen LogP contribution in [0.1, 0.15) is 0 Å². The minimum absolute atomic E-state index is 0.193. The zero-order valence-electron chi connectivity index (χ0n) is 4.55. The highest BCUT2D eigenvalue weighted by Crippen LogP contribution is 2.16. The molecule has 0 radical (unpaired) electrons. The molecule has 8 heteroatoms. The van der Waals surface area contributed by atoms with Gasteiger partial charge in [-0.05, 0) is 0 Å². The molecule has 0 bridgehead atoms. The van der Waals surface area contributed by atoms with Crippen LogP contribution >= 0.6 is 23.9 Å². The number of carbonyl (C=O) groups is 2. The van der Waals surface area contributed by atoms with Crippen LogP contribution in [0.5, 0.6) is 0 Å². The Morgan fingerprint density at radius 1 is 1.20 bits per heavy atom. The summed E-state index contributed by atoms with van der Waals surface area (Å²) in [6.45, 7) is 0. The van der Waals surface area contributed by atoms with Crippen LogP contribution in [0.15, 0.2) is 0 Å². The number of nitrogens with zero attached hydrogens (tertiary/aromatic N) is 1. The van der Waals surface area contributed by atoms with Crippen LogP contribution in [0.4, 0.5) is 9.59 Å². The molecule has 0 aliphatic rings. The van der Waals surface area contributed by atoms with Gasteiger partial charge in [0.25, 0.3) is 0 Å². The molecule has 4 N–H and O–H groups in total. The quantitative estimate of drug-likeness (QED) is 0.329. The van der Waals surface area contributed by atoms with Crippen LogP contribution in [0.3, 0.4) is 0 Å². The van der Waals surface area contributed by atoms with E-state index in [4.69, 9.17) is 16.1 Å². The van der Waals surface area contributed by atoms with Crippen LogP contribution in [-0.4, -0.2) is 24.6 Å². The van der Waals surface area contributed by atoms with Gasteiger partial charge in [0, 0.05) is 0 Å². The maximum absolute atomic E-state index is 9.83. The molecule has 58 valence electrons. The first kappa shape index (κ1) is 9.56. The van der Waals surface area contributed by atoms with Gasteiger partial charge >= 0.3 is 10.6 Å². The molecule has 0 saturated heterocycles. The highest BCUT2D eigenvalue weighted by Gasteiger charge is 2.10. The molecule has 0 aromatic heterocycles. The van der Waals surface area contributed by atoms with E-state index in [0.29, 0.717) is 3.82 Å². The number of carboxylic acid groups (broad SMARTS) is 2. The molecular formula is C2H4N2O4S2. The molecule has 6 nitrogen and oxygen atoms in total. The van der Waals surface area contributed by atoms with Crippen molar-refractivity contribution in [2.24, 2.45) is 5.84 Å². The Bertz CT molecular complexity index is 134. The third-order valence-electron chi connectivity index (χ3n) is 0.336. The SMILES string of the molecule is NN(SC(=O)O)SC(=O)O. The lowest BCUT2D eigenvalue weighted by molar-refractivity contribution is 0.221. The van der Waals surface area contributed by atoms with E-state index in [2.05, 4.69) is 0 Å². The van der Waals surface area contributed by atoms with Gasteiger partial charge in [0.2, 0.25) is 0 Å².